The zero-order chi connectivity index (χ0) is 31.9. The summed E-state index contributed by atoms with van der Waals surface area (Å²) < 4.78 is 22.1. The van der Waals surface area contributed by atoms with E-state index in [1.165, 1.54) is 12.5 Å². The van der Waals surface area contributed by atoms with E-state index in [-0.39, 0.29) is 37.6 Å². The van der Waals surface area contributed by atoms with Gasteiger partial charge in [0.1, 0.15) is 24.1 Å². The lowest BCUT2D eigenvalue weighted by atomic mass is 10.1. The number of ether oxygens (including phenoxy) is 4. The lowest BCUT2D eigenvalue weighted by Gasteiger charge is -2.21. The van der Waals surface area contributed by atoms with Gasteiger partial charge in [-0.1, -0.05) is 75.6 Å². The van der Waals surface area contributed by atoms with Gasteiger partial charge < -0.3 is 18.9 Å². The van der Waals surface area contributed by atoms with Crippen LogP contribution < -0.4 is 0 Å². The van der Waals surface area contributed by atoms with Gasteiger partial charge in [-0.15, -0.1) is 0 Å². The Bertz CT molecular complexity index is 964. The number of Topliss-reactive ketones (excluding diaryl/α,β-unsaturated/α-hetero) is 1. The first-order valence-corrected chi connectivity index (χ1v) is 16.7. The monoisotopic (exact) mass is 620 g/mol. The van der Waals surface area contributed by atoms with E-state index >= 15 is 0 Å². The van der Waals surface area contributed by atoms with Crippen LogP contribution in [0.4, 0.5) is 0 Å². The SMILES string of the molecule is CCC/C=C/CC(CC(C)=O)OC(=O)CC(CCCC)OC(=O)CC(C)OC(=O)CC(CCSCc1ccccc1)OC. The molecule has 0 aliphatic carbocycles. The molecule has 0 N–H and O–H groups in total. The topological polar surface area (TPSA) is 105 Å². The van der Waals surface area contributed by atoms with Crippen molar-refractivity contribution in [2.75, 3.05) is 12.9 Å². The van der Waals surface area contributed by atoms with Crippen LogP contribution in [0.15, 0.2) is 42.5 Å². The Hall–Kier alpha value is -2.65. The molecule has 242 valence electrons. The lowest BCUT2D eigenvalue weighted by Crippen LogP contribution is -2.28. The van der Waals surface area contributed by atoms with Crippen molar-refractivity contribution in [3.05, 3.63) is 48.0 Å². The number of hydrogen-bond donors (Lipinski definition) is 0. The van der Waals surface area contributed by atoms with Crippen molar-refractivity contribution in [3.8, 4) is 0 Å². The Morgan fingerprint density at radius 2 is 1.44 bits per heavy atom. The summed E-state index contributed by atoms with van der Waals surface area (Å²) in [5, 5.41) is 0. The second-order valence-electron chi connectivity index (χ2n) is 10.9. The molecule has 0 aliphatic heterocycles. The first kappa shape index (κ1) is 38.4. The largest absolute Gasteiger partial charge is 0.462 e. The number of carbonyl (C=O) groups excluding carboxylic acids is 4. The van der Waals surface area contributed by atoms with Gasteiger partial charge in [0.05, 0.1) is 25.4 Å². The van der Waals surface area contributed by atoms with Gasteiger partial charge in [0, 0.05) is 25.7 Å². The van der Waals surface area contributed by atoms with Crippen molar-refractivity contribution in [2.45, 2.75) is 128 Å². The number of allylic oxidation sites excluding steroid dienone is 1. The van der Waals surface area contributed by atoms with Gasteiger partial charge >= 0.3 is 17.9 Å². The van der Waals surface area contributed by atoms with E-state index < -0.39 is 36.2 Å². The van der Waals surface area contributed by atoms with Crippen LogP contribution in [0.2, 0.25) is 0 Å². The molecule has 0 fully saturated rings. The molecule has 0 aliphatic rings. The molecular weight excluding hydrogens is 568 g/mol. The maximum Gasteiger partial charge on any atom is 0.309 e. The molecule has 0 aromatic heterocycles. The molecule has 0 spiro atoms. The third-order valence-corrected chi connectivity index (χ3v) is 7.68. The van der Waals surface area contributed by atoms with Crippen LogP contribution in [-0.4, -0.2) is 61.0 Å². The highest BCUT2D eigenvalue weighted by Crippen LogP contribution is 2.18. The van der Waals surface area contributed by atoms with E-state index in [0.29, 0.717) is 19.3 Å². The first-order chi connectivity index (χ1) is 20.7. The second-order valence-corrected chi connectivity index (χ2v) is 12.0. The smallest absolute Gasteiger partial charge is 0.309 e. The fraction of sp³-hybridized carbons (Fsp3) is 0.647. The predicted molar refractivity (Wildman–Crippen MR) is 171 cm³/mol. The Morgan fingerprint density at radius 1 is 0.791 bits per heavy atom. The number of benzene rings is 1. The minimum Gasteiger partial charge on any atom is -0.462 e. The Kier molecular flexibility index (Phi) is 21.2. The summed E-state index contributed by atoms with van der Waals surface area (Å²) in [7, 11) is 1.58. The lowest BCUT2D eigenvalue weighted by molar-refractivity contribution is -0.161. The molecular formula is C34H52O8S. The van der Waals surface area contributed by atoms with Crippen molar-refractivity contribution >= 4 is 35.5 Å². The number of esters is 3. The number of ketones is 1. The molecule has 0 bridgehead atoms. The maximum absolute atomic E-state index is 12.7. The highest BCUT2D eigenvalue weighted by molar-refractivity contribution is 7.98. The fourth-order valence-corrected chi connectivity index (χ4v) is 5.33. The number of rotatable bonds is 24. The molecule has 4 atom stereocenters. The standard InChI is InChI=1S/C34H52O8S/c1-6-8-10-14-18-30(21-26(3)35)41-34(38)24-31(17-9-7-2)42-32(36)22-27(4)40-33(37)23-29(39-5)19-20-43-25-28-15-12-11-13-16-28/h10-16,27,29-31H,6-9,17-25H2,1-5H3/b14-10+. The molecule has 1 aromatic carbocycles. The minimum absolute atomic E-state index is 0.0574. The van der Waals surface area contributed by atoms with Gasteiger partial charge in [0.15, 0.2) is 0 Å². The van der Waals surface area contributed by atoms with Crippen LogP contribution in [0.25, 0.3) is 0 Å². The third-order valence-electron chi connectivity index (χ3n) is 6.62. The van der Waals surface area contributed by atoms with Crippen LogP contribution in [0, 0.1) is 0 Å². The fourth-order valence-electron chi connectivity index (χ4n) is 4.33. The predicted octanol–water partition coefficient (Wildman–Crippen LogP) is 7.17. The van der Waals surface area contributed by atoms with Crippen LogP contribution in [0.3, 0.4) is 0 Å². The van der Waals surface area contributed by atoms with Gasteiger partial charge in [-0.2, -0.15) is 11.8 Å². The van der Waals surface area contributed by atoms with Crippen molar-refractivity contribution in [1.29, 1.82) is 0 Å². The zero-order valence-corrected chi connectivity index (χ0v) is 27.5. The molecule has 0 radical (unpaired) electrons. The van der Waals surface area contributed by atoms with Gasteiger partial charge in [-0.3, -0.25) is 19.2 Å². The maximum atomic E-state index is 12.7. The summed E-state index contributed by atoms with van der Waals surface area (Å²) in [6, 6.07) is 10.2. The Morgan fingerprint density at radius 3 is 2.09 bits per heavy atom. The van der Waals surface area contributed by atoms with Crippen LogP contribution >= 0.6 is 11.8 Å². The Labute approximate surface area is 262 Å². The summed E-state index contributed by atoms with van der Waals surface area (Å²) in [6.45, 7) is 7.20. The van der Waals surface area contributed by atoms with E-state index in [0.717, 1.165) is 37.2 Å². The molecule has 8 nitrogen and oxygen atoms in total. The van der Waals surface area contributed by atoms with Gasteiger partial charge in [0.25, 0.3) is 0 Å². The van der Waals surface area contributed by atoms with E-state index in [4.69, 9.17) is 18.9 Å². The normalized spacial score (nSPS) is 14.1. The zero-order valence-electron chi connectivity index (χ0n) is 26.7. The number of carbonyl (C=O) groups is 4. The van der Waals surface area contributed by atoms with Crippen LogP contribution in [-0.2, 0) is 43.9 Å². The van der Waals surface area contributed by atoms with Gasteiger partial charge in [-0.05, 0) is 44.4 Å². The molecule has 0 saturated heterocycles. The summed E-state index contributed by atoms with van der Waals surface area (Å²) >= 11 is 1.78. The van der Waals surface area contributed by atoms with Gasteiger partial charge in [-0.25, -0.2) is 0 Å². The molecule has 1 rings (SSSR count). The van der Waals surface area contributed by atoms with Crippen molar-refractivity contribution in [2.24, 2.45) is 0 Å². The number of methoxy groups -OCH3 is 1. The van der Waals surface area contributed by atoms with Crippen molar-refractivity contribution in [1.82, 2.24) is 0 Å². The summed E-state index contributed by atoms with van der Waals surface area (Å²) in [6.07, 6.45) is 7.09. The average Bonchev–Trinajstić information content (AvgIpc) is 2.95. The minimum atomic E-state index is -0.682. The van der Waals surface area contributed by atoms with Crippen molar-refractivity contribution in [3.63, 3.8) is 0 Å². The van der Waals surface area contributed by atoms with E-state index in [1.807, 2.05) is 37.3 Å². The average molecular weight is 621 g/mol. The molecule has 0 saturated carbocycles. The van der Waals surface area contributed by atoms with Crippen molar-refractivity contribution < 1.29 is 38.1 Å². The summed E-state index contributed by atoms with van der Waals surface area (Å²) in [5.74, 6) is 0.199. The number of unbranched alkanes of at least 4 members (excludes halogenated alkanes) is 2. The first-order valence-electron chi connectivity index (χ1n) is 15.5. The van der Waals surface area contributed by atoms with E-state index in [2.05, 4.69) is 19.1 Å². The molecule has 1 aromatic rings. The van der Waals surface area contributed by atoms with Gasteiger partial charge in [0.2, 0.25) is 0 Å². The number of hydrogen-bond acceptors (Lipinski definition) is 9. The molecule has 0 heterocycles. The third kappa shape index (κ3) is 20.0. The molecule has 9 heteroatoms. The quantitative estimate of drug-likeness (QED) is 0.0515. The van der Waals surface area contributed by atoms with E-state index in [9.17, 15) is 19.2 Å². The van der Waals surface area contributed by atoms with Crippen LogP contribution in [0.1, 0.15) is 104 Å². The van der Waals surface area contributed by atoms with Crippen LogP contribution in [0.5, 0.6) is 0 Å². The Balaban J connectivity index is 2.51. The molecule has 0 amide bonds. The highest BCUT2D eigenvalue weighted by Gasteiger charge is 2.24. The van der Waals surface area contributed by atoms with E-state index in [1.54, 1.807) is 25.8 Å². The number of thioether (sulfide) groups is 1. The second kappa shape index (κ2) is 23.8. The highest BCUT2D eigenvalue weighted by atomic mass is 32.2. The summed E-state index contributed by atoms with van der Waals surface area (Å²) in [5.41, 5.74) is 1.25. The molecule has 4 unspecified atom stereocenters. The molecule has 43 heavy (non-hydrogen) atoms. The summed E-state index contributed by atoms with van der Waals surface area (Å²) in [4.78, 5) is 49.6.